The number of aromatic nitrogens is 2. The lowest BCUT2D eigenvalue weighted by molar-refractivity contribution is 0.0954. The first-order chi connectivity index (χ1) is 15.1. The van der Waals surface area contributed by atoms with Gasteiger partial charge in [-0.25, -0.2) is 0 Å². The Bertz CT molecular complexity index is 1150. The molecule has 0 saturated heterocycles. The number of benzene rings is 3. The first-order valence-corrected chi connectivity index (χ1v) is 10.1. The summed E-state index contributed by atoms with van der Waals surface area (Å²) in [6.45, 7) is 0.566. The van der Waals surface area contributed by atoms with Gasteiger partial charge in [-0.05, 0) is 72.1 Å². The first-order valence-electron chi connectivity index (χ1n) is 10.1. The van der Waals surface area contributed by atoms with E-state index in [0.717, 1.165) is 45.9 Å². The number of rotatable bonds is 7. The molecule has 0 aliphatic carbocycles. The number of H-pyrrole nitrogens is 1. The number of hydrogen-bond donors (Lipinski definition) is 3. The Morgan fingerprint density at radius 2 is 1.65 bits per heavy atom. The van der Waals surface area contributed by atoms with Crippen molar-refractivity contribution in [2.75, 3.05) is 19.4 Å². The van der Waals surface area contributed by atoms with Crippen LogP contribution in [0.1, 0.15) is 15.9 Å². The molecule has 0 radical (unpaired) electrons. The molecule has 1 heterocycles. The molecule has 4 rings (SSSR count). The molecule has 0 unspecified atom stereocenters. The summed E-state index contributed by atoms with van der Waals surface area (Å²) in [5.74, 6) is 0.715. The molecule has 6 heteroatoms. The summed E-state index contributed by atoms with van der Waals surface area (Å²) in [7, 11) is 1.64. The number of ether oxygens (including phenoxy) is 1. The lowest BCUT2D eigenvalue weighted by Gasteiger charge is -2.06. The number of amides is 1. The summed E-state index contributed by atoms with van der Waals surface area (Å²) in [4.78, 5) is 12.4. The van der Waals surface area contributed by atoms with Crippen LogP contribution in [0.15, 0.2) is 78.9 Å². The highest BCUT2D eigenvalue weighted by Gasteiger charge is 2.09. The molecule has 4 N–H and O–H groups in total. The zero-order valence-corrected chi connectivity index (χ0v) is 17.3. The molecule has 3 aromatic carbocycles. The molecule has 0 bridgehead atoms. The second-order valence-electron chi connectivity index (χ2n) is 7.22. The van der Waals surface area contributed by atoms with E-state index in [-0.39, 0.29) is 5.91 Å². The van der Waals surface area contributed by atoms with E-state index in [1.807, 2.05) is 78.9 Å². The first kappa shape index (κ1) is 20.2. The van der Waals surface area contributed by atoms with Gasteiger partial charge in [-0.15, -0.1) is 0 Å². The van der Waals surface area contributed by atoms with Crippen LogP contribution in [-0.4, -0.2) is 29.8 Å². The second kappa shape index (κ2) is 9.17. The van der Waals surface area contributed by atoms with Crippen LogP contribution in [0.3, 0.4) is 0 Å². The number of carbonyl (C=O) groups is 1. The smallest absolute Gasteiger partial charge is 0.251 e. The number of carbonyl (C=O) groups excluding carboxylic acids is 1. The lowest BCUT2D eigenvalue weighted by Crippen LogP contribution is -2.25. The number of nitrogens with zero attached hydrogens (tertiary/aromatic N) is 1. The van der Waals surface area contributed by atoms with Gasteiger partial charge in [-0.3, -0.25) is 9.89 Å². The molecule has 1 aromatic heterocycles. The summed E-state index contributed by atoms with van der Waals surface area (Å²) >= 11 is 0. The van der Waals surface area contributed by atoms with E-state index in [0.29, 0.717) is 12.1 Å². The molecular weight excluding hydrogens is 388 g/mol. The number of aromatic amines is 1. The Hall–Kier alpha value is -4.06. The van der Waals surface area contributed by atoms with Gasteiger partial charge in [0.2, 0.25) is 0 Å². The Balaban J connectivity index is 1.36. The van der Waals surface area contributed by atoms with Gasteiger partial charge in [0.05, 0.1) is 18.5 Å². The molecule has 4 aromatic rings. The van der Waals surface area contributed by atoms with Gasteiger partial charge in [0, 0.05) is 23.4 Å². The van der Waals surface area contributed by atoms with Crippen molar-refractivity contribution in [3.8, 4) is 28.3 Å². The summed E-state index contributed by atoms with van der Waals surface area (Å²) in [5, 5.41) is 10.4. The van der Waals surface area contributed by atoms with Crippen molar-refractivity contribution in [3.63, 3.8) is 0 Å². The maximum absolute atomic E-state index is 12.4. The highest BCUT2D eigenvalue weighted by molar-refractivity contribution is 5.94. The minimum Gasteiger partial charge on any atom is -0.497 e. The number of nitrogens with two attached hydrogens (primary N) is 1. The monoisotopic (exact) mass is 412 g/mol. The normalized spacial score (nSPS) is 10.6. The summed E-state index contributed by atoms with van der Waals surface area (Å²) < 4.78 is 5.20. The molecule has 31 heavy (non-hydrogen) atoms. The van der Waals surface area contributed by atoms with E-state index in [1.165, 1.54) is 0 Å². The third-order valence-corrected chi connectivity index (χ3v) is 5.10. The average molecular weight is 412 g/mol. The maximum atomic E-state index is 12.4. The van der Waals surface area contributed by atoms with Gasteiger partial charge in [-0.1, -0.05) is 24.3 Å². The Morgan fingerprint density at radius 1 is 0.968 bits per heavy atom. The van der Waals surface area contributed by atoms with E-state index in [2.05, 4.69) is 15.5 Å². The predicted molar refractivity (Wildman–Crippen MR) is 123 cm³/mol. The van der Waals surface area contributed by atoms with Crippen molar-refractivity contribution in [1.29, 1.82) is 0 Å². The zero-order valence-electron chi connectivity index (χ0n) is 17.3. The number of anilines is 1. The van der Waals surface area contributed by atoms with Crippen molar-refractivity contribution in [2.45, 2.75) is 6.42 Å². The molecule has 0 saturated carbocycles. The quantitative estimate of drug-likeness (QED) is 0.395. The van der Waals surface area contributed by atoms with Gasteiger partial charge < -0.3 is 15.8 Å². The van der Waals surface area contributed by atoms with Crippen LogP contribution in [0.25, 0.3) is 22.5 Å². The molecule has 0 aliphatic rings. The summed E-state index contributed by atoms with van der Waals surface area (Å²) in [6.07, 6.45) is 0.756. The topological polar surface area (TPSA) is 93.0 Å². The van der Waals surface area contributed by atoms with Crippen LogP contribution in [0.2, 0.25) is 0 Å². The SMILES string of the molecule is COc1ccc(-c2cc(-c3ccc(C(=O)NCCc4ccc(N)cc4)cc3)[nH]n2)cc1. The van der Waals surface area contributed by atoms with Crippen molar-refractivity contribution < 1.29 is 9.53 Å². The van der Waals surface area contributed by atoms with Crippen LogP contribution in [0.5, 0.6) is 5.75 Å². The average Bonchev–Trinajstić information content (AvgIpc) is 3.31. The molecule has 0 spiro atoms. The van der Waals surface area contributed by atoms with Crippen LogP contribution in [0, 0.1) is 0 Å². The van der Waals surface area contributed by atoms with Crippen LogP contribution in [-0.2, 0) is 6.42 Å². The van der Waals surface area contributed by atoms with Crippen molar-refractivity contribution >= 4 is 11.6 Å². The lowest BCUT2D eigenvalue weighted by atomic mass is 10.1. The molecule has 0 fully saturated rings. The van der Waals surface area contributed by atoms with E-state index < -0.39 is 0 Å². The molecule has 156 valence electrons. The van der Waals surface area contributed by atoms with Gasteiger partial charge in [-0.2, -0.15) is 5.10 Å². The number of nitrogen functional groups attached to an aromatic ring is 1. The van der Waals surface area contributed by atoms with Crippen molar-refractivity contribution in [2.24, 2.45) is 0 Å². The van der Waals surface area contributed by atoms with Gasteiger partial charge in [0.25, 0.3) is 5.91 Å². The third kappa shape index (κ3) is 4.93. The summed E-state index contributed by atoms with van der Waals surface area (Å²) in [6, 6.07) is 24.9. The van der Waals surface area contributed by atoms with Crippen molar-refractivity contribution in [1.82, 2.24) is 15.5 Å². The molecule has 1 amide bonds. The zero-order chi connectivity index (χ0) is 21.6. The van der Waals surface area contributed by atoms with E-state index in [4.69, 9.17) is 10.5 Å². The molecule has 6 nitrogen and oxygen atoms in total. The Labute approximate surface area is 181 Å². The maximum Gasteiger partial charge on any atom is 0.251 e. The van der Waals surface area contributed by atoms with Crippen molar-refractivity contribution in [3.05, 3.63) is 90.0 Å². The molecule has 0 aliphatic heterocycles. The van der Waals surface area contributed by atoms with Crippen LogP contribution in [0.4, 0.5) is 5.69 Å². The van der Waals surface area contributed by atoms with E-state index >= 15 is 0 Å². The van der Waals surface area contributed by atoms with Gasteiger partial charge in [0.15, 0.2) is 0 Å². The standard InChI is InChI=1S/C25H24N4O2/c1-31-22-12-8-19(9-13-22)24-16-23(28-29-24)18-4-6-20(7-5-18)25(30)27-15-14-17-2-10-21(26)11-3-17/h2-13,16H,14-15,26H2,1H3,(H,27,30)(H,28,29). The molecular formula is C25H24N4O2. The van der Waals surface area contributed by atoms with E-state index in [1.54, 1.807) is 7.11 Å². The van der Waals surface area contributed by atoms with E-state index in [9.17, 15) is 4.79 Å². The Morgan fingerprint density at radius 3 is 2.32 bits per heavy atom. The Kier molecular flexibility index (Phi) is 5.98. The number of methoxy groups -OCH3 is 1. The number of nitrogens with one attached hydrogen (secondary N) is 2. The van der Waals surface area contributed by atoms with Crippen LogP contribution < -0.4 is 15.8 Å². The summed E-state index contributed by atoms with van der Waals surface area (Å²) in [5.41, 5.74) is 11.9. The predicted octanol–water partition coefficient (Wildman–Crippen LogP) is 4.31. The second-order valence-corrected chi connectivity index (χ2v) is 7.22. The van der Waals surface area contributed by atoms with Gasteiger partial charge in [0.1, 0.15) is 5.75 Å². The fourth-order valence-electron chi connectivity index (χ4n) is 3.29. The number of hydrogen-bond acceptors (Lipinski definition) is 4. The fraction of sp³-hybridized carbons (Fsp3) is 0.120. The minimum absolute atomic E-state index is 0.0921. The fourth-order valence-corrected chi connectivity index (χ4v) is 3.29. The largest absolute Gasteiger partial charge is 0.497 e. The highest BCUT2D eigenvalue weighted by Crippen LogP contribution is 2.25. The van der Waals surface area contributed by atoms with Gasteiger partial charge >= 0.3 is 0 Å². The molecule has 0 atom stereocenters. The minimum atomic E-state index is -0.0921. The third-order valence-electron chi connectivity index (χ3n) is 5.10. The van der Waals surface area contributed by atoms with Crippen LogP contribution >= 0.6 is 0 Å². The highest BCUT2D eigenvalue weighted by atomic mass is 16.5.